The molecule has 1 saturated heterocycles. The van der Waals surface area contributed by atoms with Gasteiger partial charge < -0.3 is 14.5 Å². The molecule has 0 spiro atoms. The van der Waals surface area contributed by atoms with Gasteiger partial charge in [0.25, 0.3) is 0 Å². The molecule has 0 bridgehead atoms. The lowest BCUT2D eigenvalue weighted by Crippen LogP contribution is -2.47. The predicted molar refractivity (Wildman–Crippen MR) is 111 cm³/mol. The van der Waals surface area contributed by atoms with E-state index in [-0.39, 0.29) is 18.4 Å². The molecule has 1 amide bonds. The van der Waals surface area contributed by atoms with Gasteiger partial charge in [-0.2, -0.15) is 0 Å². The number of hydrogen-bond acceptors (Lipinski definition) is 5. The topological polar surface area (TPSA) is 67.6 Å². The van der Waals surface area contributed by atoms with Crippen molar-refractivity contribution >= 4 is 29.1 Å². The van der Waals surface area contributed by atoms with E-state index in [9.17, 15) is 4.79 Å². The van der Waals surface area contributed by atoms with Crippen molar-refractivity contribution in [2.75, 3.05) is 26.2 Å². The summed E-state index contributed by atoms with van der Waals surface area (Å²) in [6.45, 7) is 5.33. The quantitative estimate of drug-likeness (QED) is 0.714. The van der Waals surface area contributed by atoms with Crippen molar-refractivity contribution in [1.29, 1.82) is 0 Å². The monoisotopic (exact) mass is 437 g/mol. The number of benzene rings is 1. The Bertz CT molecular complexity index is 882. The molecule has 1 aliphatic heterocycles. The highest BCUT2D eigenvalue weighted by Gasteiger charge is 2.30. The van der Waals surface area contributed by atoms with Gasteiger partial charge in [-0.25, -0.2) is 4.98 Å². The van der Waals surface area contributed by atoms with E-state index >= 15 is 0 Å². The second-order valence-corrected chi connectivity index (χ2v) is 8.60. The van der Waals surface area contributed by atoms with Gasteiger partial charge in [0, 0.05) is 32.1 Å². The molecule has 4 rings (SSSR count). The summed E-state index contributed by atoms with van der Waals surface area (Å²) in [6.07, 6.45) is 2.45. The number of amides is 1. The molecule has 29 heavy (non-hydrogen) atoms. The number of halogens is 2. The average Bonchev–Trinajstić information content (AvgIpc) is 3.48. The van der Waals surface area contributed by atoms with E-state index in [1.54, 1.807) is 0 Å². The number of rotatable bonds is 7. The van der Waals surface area contributed by atoms with Crippen LogP contribution in [-0.4, -0.2) is 48.1 Å². The Kier molecular flexibility index (Phi) is 6.44. The fraction of sp³-hybridized carbons (Fsp3) is 0.524. The summed E-state index contributed by atoms with van der Waals surface area (Å²) in [6, 6.07) is 5.70. The van der Waals surface area contributed by atoms with E-state index < -0.39 is 0 Å². The minimum absolute atomic E-state index is 0.0455. The second kappa shape index (κ2) is 9.04. The lowest BCUT2D eigenvalue weighted by molar-refractivity contribution is -0.121. The van der Waals surface area contributed by atoms with Crippen molar-refractivity contribution in [3.63, 3.8) is 0 Å². The summed E-state index contributed by atoms with van der Waals surface area (Å²) in [5, 5.41) is 4.10. The molecule has 1 aromatic heterocycles. The smallest absolute Gasteiger partial charge is 0.226 e. The Morgan fingerprint density at radius 2 is 2.14 bits per heavy atom. The molecule has 1 atom stereocenters. The van der Waals surface area contributed by atoms with E-state index in [0.29, 0.717) is 29.1 Å². The summed E-state index contributed by atoms with van der Waals surface area (Å²) in [7, 11) is 0. The first kappa shape index (κ1) is 20.7. The van der Waals surface area contributed by atoms with Gasteiger partial charge in [-0.1, -0.05) is 29.3 Å². The van der Waals surface area contributed by atoms with Gasteiger partial charge >= 0.3 is 0 Å². The first-order valence-electron chi connectivity index (χ1n) is 9.98. The Morgan fingerprint density at radius 1 is 1.31 bits per heavy atom. The van der Waals surface area contributed by atoms with Crippen LogP contribution >= 0.6 is 23.2 Å². The van der Waals surface area contributed by atoms with Crippen molar-refractivity contribution in [2.24, 2.45) is 0 Å². The fourth-order valence-corrected chi connectivity index (χ4v) is 3.83. The van der Waals surface area contributed by atoms with Crippen molar-refractivity contribution in [3.05, 3.63) is 51.2 Å². The number of ether oxygens (including phenoxy) is 1. The van der Waals surface area contributed by atoms with E-state index in [4.69, 9.17) is 32.4 Å². The van der Waals surface area contributed by atoms with Gasteiger partial charge in [0.1, 0.15) is 5.76 Å². The minimum atomic E-state index is -0.0612. The molecule has 0 unspecified atom stereocenters. The minimum Gasteiger partial charge on any atom is -0.445 e. The number of nitrogens with zero attached hydrogens (tertiary/aromatic N) is 2. The van der Waals surface area contributed by atoms with Crippen LogP contribution < -0.4 is 5.32 Å². The van der Waals surface area contributed by atoms with Crippen molar-refractivity contribution in [2.45, 2.75) is 44.8 Å². The van der Waals surface area contributed by atoms with Crippen LogP contribution in [0.4, 0.5) is 0 Å². The number of hydrogen-bond donors (Lipinski definition) is 1. The maximum Gasteiger partial charge on any atom is 0.226 e. The molecular weight excluding hydrogens is 413 g/mol. The lowest BCUT2D eigenvalue weighted by atomic mass is 10.2. The zero-order valence-corrected chi connectivity index (χ0v) is 17.9. The van der Waals surface area contributed by atoms with Crippen molar-refractivity contribution in [3.8, 4) is 0 Å². The first-order chi connectivity index (χ1) is 14.0. The molecular formula is C21H25Cl2N3O3. The largest absolute Gasteiger partial charge is 0.445 e. The van der Waals surface area contributed by atoms with Gasteiger partial charge in [0.05, 0.1) is 34.9 Å². The van der Waals surface area contributed by atoms with Crippen molar-refractivity contribution < 1.29 is 13.9 Å². The number of carbonyl (C=O) groups excluding carboxylic acids is 1. The van der Waals surface area contributed by atoms with Gasteiger partial charge in [-0.3, -0.25) is 9.69 Å². The Hall–Kier alpha value is -1.60. The highest BCUT2D eigenvalue weighted by molar-refractivity contribution is 6.42. The molecule has 156 valence electrons. The molecule has 2 fully saturated rings. The summed E-state index contributed by atoms with van der Waals surface area (Å²) in [5.74, 6) is 1.90. The summed E-state index contributed by atoms with van der Waals surface area (Å²) in [5.41, 5.74) is 1.84. The van der Waals surface area contributed by atoms with Gasteiger partial charge in [0.15, 0.2) is 5.89 Å². The van der Waals surface area contributed by atoms with Crippen LogP contribution in [0.3, 0.4) is 0 Å². The molecule has 1 saturated carbocycles. The maximum absolute atomic E-state index is 12.4. The molecule has 8 heteroatoms. The summed E-state index contributed by atoms with van der Waals surface area (Å²) < 4.78 is 11.5. The number of carbonyl (C=O) groups is 1. The van der Waals surface area contributed by atoms with Crippen molar-refractivity contribution in [1.82, 2.24) is 15.2 Å². The standard InChI is InChI=1S/C21H25Cl2N3O3/c1-13-19(25-21(29-13)15-3-4-15)9-20(27)24-10-16-12-26(6-7-28-16)11-14-2-5-17(22)18(23)8-14/h2,5,8,15-16H,3-4,6-7,9-12H2,1H3,(H,24,27)/t16-/m0/s1. The number of aromatic nitrogens is 1. The first-order valence-corrected chi connectivity index (χ1v) is 10.7. The number of aryl methyl sites for hydroxylation is 1. The average molecular weight is 438 g/mol. The molecule has 1 N–H and O–H groups in total. The molecule has 2 heterocycles. The zero-order valence-electron chi connectivity index (χ0n) is 16.4. The maximum atomic E-state index is 12.4. The number of morpholine rings is 1. The van der Waals surface area contributed by atoms with Crippen LogP contribution in [0.15, 0.2) is 22.6 Å². The highest BCUT2D eigenvalue weighted by Crippen LogP contribution is 2.40. The number of nitrogens with one attached hydrogen (secondary N) is 1. The Labute approximate surface area is 180 Å². The molecule has 1 aromatic carbocycles. The van der Waals surface area contributed by atoms with Crippen LogP contribution in [0, 0.1) is 6.92 Å². The summed E-state index contributed by atoms with van der Waals surface area (Å²) >= 11 is 12.1. The lowest BCUT2D eigenvalue weighted by Gasteiger charge is -2.33. The normalized spacial score (nSPS) is 20.0. The van der Waals surface area contributed by atoms with Gasteiger partial charge in [-0.05, 0) is 37.5 Å². The van der Waals surface area contributed by atoms with Crippen LogP contribution in [-0.2, 0) is 22.5 Å². The Balaban J connectivity index is 1.24. The Morgan fingerprint density at radius 3 is 2.90 bits per heavy atom. The third-order valence-electron chi connectivity index (χ3n) is 5.30. The predicted octanol–water partition coefficient (Wildman–Crippen LogP) is 3.73. The van der Waals surface area contributed by atoms with E-state index in [0.717, 1.165) is 55.4 Å². The third-order valence-corrected chi connectivity index (χ3v) is 6.04. The molecule has 0 radical (unpaired) electrons. The third kappa shape index (κ3) is 5.51. The molecule has 1 aliphatic carbocycles. The van der Waals surface area contributed by atoms with Gasteiger partial charge in [-0.15, -0.1) is 0 Å². The van der Waals surface area contributed by atoms with E-state index in [2.05, 4.69) is 15.2 Å². The highest BCUT2D eigenvalue weighted by atomic mass is 35.5. The van der Waals surface area contributed by atoms with E-state index in [1.165, 1.54) is 0 Å². The SMILES string of the molecule is Cc1oc(C2CC2)nc1CC(=O)NC[C@H]1CN(Cc2ccc(Cl)c(Cl)c2)CCO1. The van der Waals surface area contributed by atoms with Crippen LogP contribution in [0.1, 0.15) is 41.7 Å². The second-order valence-electron chi connectivity index (χ2n) is 7.79. The van der Waals surface area contributed by atoms with Crippen LogP contribution in [0.5, 0.6) is 0 Å². The molecule has 6 nitrogen and oxygen atoms in total. The fourth-order valence-electron chi connectivity index (χ4n) is 3.51. The molecule has 2 aromatic rings. The van der Waals surface area contributed by atoms with E-state index in [1.807, 2.05) is 25.1 Å². The van der Waals surface area contributed by atoms with Crippen LogP contribution in [0.25, 0.3) is 0 Å². The van der Waals surface area contributed by atoms with Crippen LogP contribution in [0.2, 0.25) is 10.0 Å². The summed E-state index contributed by atoms with van der Waals surface area (Å²) in [4.78, 5) is 19.1. The van der Waals surface area contributed by atoms with Gasteiger partial charge in [0.2, 0.25) is 5.91 Å². The number of oxazole rings is 1. The molecule has 2 aliphatic rings. The zero-order chi connectivity index (χ0) is 20.4.